The molecule has 4 aromatic carbocycles. The van der Waals surface area contributed by atoms with Crippen molar-refractivity contribution in [3.05, 3.63) is 102 Å². The lowest BCUT2D eigenvalue weighted by Crippen LogP contribution is -2.47. The van der Waals surface area contributed by atoms with Crippen molar-refractivity contribution in [1.29, 1.82) is 0 Å². The molecule has 0 saturated carbocycles. The third kappa shape index (κ3) is 7.90. The Balaban J connectivity index is 1.17. The summed E-state index contributed by atoms with van der Waals surface area (Å²) in [7, 11) is 2.07. The number of nitrogens with zero attached hydrogens (tertiary/aromatic N) is 2. The van der Waals surface area contributed by atoms with Gasteiger partial charge in [0.25, 0.3) is 0 Å². The smallest absolute Gasteiger partial charge is 0.323 e. The number of amides is 3. The van der Waals surface area contributed by atoms with Crippen LogP contribution in [0.4, 0.5) is 16.2 Å². The highest BCUT2D eigenvalue weighted by Crippen LogP contribution is 2.34. The van der Waals surface area contributed by atoms with E-state index >= 15 is 0 Å². The highest BCUT2D eigenvalue weighted by molar-refractivity contribution is 6.00. The number of hydrogen-bond donors (Lipinski definition) is 3. The highest BCUT2D eigenvalue weighted by Gasteiger charge is 2.31. The van der Waals surface area contributed by atoms with Crippen LogP contribution >= 0.6 is 0 Å². The Labute approximate surface area is 281 Å². The molecule has 0 aliphatic carbocycles. The molecule has 4 aromatic rings. The first-order valence-electron chi connectivity index (χ1n) is 16.3. The number of nitrogens with one attached hydrogen (secondary N) is 2. The number of rotatable bonds is 9. The van der Waals surface area contributed by atoms with Crippen LogP contribution in [0, 0.1) is 5.92 Å². The molecule has 0 bridgehead atoms. The summed E-state index contributed by atoms with van der Waals surface area (Å²) in [4.78, 5) is 30.5. The Morgan fingerprint density at radius 1 is 0.917 bits per heavy atom. The number of carbonyl (C=O) groups excluding carboxylic acids is 2. The largest absolute Gasteiger partial charge is 0.488 e. The van der Waals surface area contributed by atoms with Gasteiger partial charge in [0.2, 0.25) is 12.7 Å². The van der Waals surface area contributed by atoms with Crippen LogP contribution in [0.2, 0.25) is 0 Å². The molecular formula is C38H42N4O6. The average Bonchev–Trinajstić information content (AvgIpc) is 3.57. The lowest BCUT2D eigenvalue weighted by Gasteiger charge is -2.34. The Morgan fingerprint density at radius 2 is 1.58 bits per heavy atom. The minimum absolute atomic E-state index is 0.0258. The normalized spacial score (nSPS) is 17.9. The van der Waals surface area contributed by atoms with Crippen molar-refractivity contribution in [3.8, 4) is 28.4 Å². The topological polar surface area (TPSA) is 113 Å². The predicted octanol–water partition coefficient (Wildman–Crippen LogP) is 6.01. The summed E-state index contributed by atoms with van der Waals surface area (Å²) in [6.07, 6.45) is -0.174. The van der Waals surface area contributed by atoms with Crippen LogP contribution in [-0.2, 0) is 17.8 Å². The number of carbonyl (C=O) groups is 2. The van der Waals surface area contributed by atoms with Gasteiger partial charge in [-0.15, -0.1) is 0 Å². The Kier molecular flexibility index (Phi) is 10.1. The summed E-state index contributed by atoms with van der Waals surface area (Å²) in [5, 5.41) is 15.7. The summed E-state index contributed by atoms with van der Waals surface area (Å²) in [5.74, 6) is 1.66. The molecular weight excluding hydrogens is 608 g/mol. The molecule has 2 aliphatic heterocycles. The van der Waals surface area contributed by atoms with Gasteiger partial charge in [-0.1, -0.05) is 61.5 Å². The number of benzene rings is 4. The maximum Gasteiger partial charge on any atom is 0.323 e. The zero-order valence-electron chi connectivity index (χ0n) is 27.5. The molecule has 3 atom stereocenters. The van der Waals surface area contributed by atoms with Gasteiger partial charge in [0.05, 0.1) is 19.1 Å². The number of urea groups is 1. The predicted molar refractivity (Wildman–Crippen MR) is 185 cm³/mol. The summed E-state index contributed by atoms with van der Waals surface area (Å²) >= 11 is 0. The number of likely N-dealkylation sites (N-methyl/N-ethyl adjacent to an activating group) is 1. The van der Waals surface area contributed by atoms with E-state index in [1.807, 2.05) is 31.2 Å². The van der Waals surface area contributed by atoms with Crippen molar-refractivity contribution in [2.75, 3.05) is 44.2 Å². The monoisotopic (exact) mass is 650 g/mol. The van der Waals surface area contributed by atoms with Crippen LogP contribution in [0.5, 0.6) is 17.2 Å². The van der Waals surface area contributed by atoms with Crippen molar-refractivity contribution in [2.45, 2.75) is 39.0 Å². The molecule has 3 N–H and O–H groups in total. The molecule has 0 fully saturated rings. The highest BCUT2D eigenvalue weighted by atomic mass is 16.7. The summed E-state index contributed by atoms with van der Waals surface area (Å²) in [6.45, 7) is 5.73. The number of anilines is 2. The molecule has 3 amide bonds. The molecule has 10 heteroatoms. The second-order valence-electron chi connectivity index (χ2n) is 12.6. The van der Waals surface area contributed by atoms with Gasteiger partial charge < -0.3 is 34.9 Å². The van der Waals surface area contributed by atoms with E-state index in [-0.39, 0.29) is 43.8 Å². The molecule has 0 aromatic heterocycles. The van der Waals surface area contributed by atoms with Crippen LogP contribution in [-0.4, -0.2) is 72.5 Å². The second-order valence-corrected chi connectivity index (χ2v) is 12.6. The van der Waals surface area contributed by atoms with E-state index in [0.29, 0.717) is 47.3 Å². The fraction of sp³-hybridized carbons (Fsp3) is 0.316. The fourth-order valence-corrected chi connectivity index (χ4v) is 6.11. The Morgan fingerprint density at radius 3 is 2.31 bits per heavy atom. The first-order chi connectivity index (χ1) is 23.2. The van der Waals surface area contributed by atoms with Crippen LogP contribution in [0.1, 0.15) is 25.0 Å². The summed E-state index contributed by atoms with van der Waals surface area (Å²) in [6, 6.07) is 28.7. The van der Waals surface area contributed by atoms with Crippen molar-refractivity contribution < 1.29 is 28.9 Å². The van der Waals surface area contributed by atoms with E-state index in [1.165, 1.54) is 16.7 Å². The van der Waals surface area contributed by atoms with Gasteiger partial charge in [0.15, 0.2) is 11.5 Å². The number of fused-ring (bicyclic) bond motifs is 2. The third-order valence-corrected chi connectivity index (χ3v) is 8.81. The lowest BCUT2D eigenvalue weighted by molar-refractivity contribution is -0.134. The van der Waals surface area contributed by atoms with Gasteiger partial charge in [-0.25, -0.2) is 4.79 Å². The van der Waals surface area contributed by atoms with Crippen molar-refractivity contribution >= 4 is 23.3 Å². The maximum atomic E-state index is 13.6. The van der Waals surface area contributed by atoms with E-state index < -0.39 is 6.03 Å². The minimum atomic E-state index is -0.440. The molecule has 250 valence electrons. The number of ether oxygens (including phenoxy) is 3. The van der Waals surface area contributed by atoms with E-state index in [0.717, 1.165) is 6.54 Å². The third-order valence-electron chi connectivity index (χ3n) is 8.81. The molecule has 6 rings (SSSR count). The number of aliphatic hydroxyl groups is 1. The van der Waals surface area contributed by atoms with Crippen molar-refractivity contribution in [3.63, 3.8) is 0 Å². The quantitative estimate of drug-likeness (QED) is 0.204. The van der Waals surface area contributed by atoms with E-state index in [1.54, 1.807) is 35.2 Å². The summed E-state index contributed by atoms with van der Waals surface area (Å²) < 4.78 is 17.4. The molecule has 0 radical (unpaired) electrons. The van der Waals surface area contributed by atoms with E-state index in [9.17, 15) is 14.7 Å². The minimum Gasteiger partial charge on any atom is -0.488 e. The van der Waals surface area contributed by atoms with Crippen molar-refractivity contribution in [1.82, 2.24) is 9.80 Å². The van der Waals surface area contributed by atoms with Gasteiger partial charge in [-0.3, -0.25) is 9.69 Å². The van der Waals surface area contributed by atoms with Crippen LogP contribution in [0.15, 0.2) is 91.0 Å². The Bertz CT molecular complexity index is 1730. The van der Waals surface area contributed by atoms with Crippen LogP contribution in [0.25, 0.3) is 11.1 Å². The first-order valence-corrected chi connectivity index (χ1v) is 16.3. The van der Waals surface area contributed by atoms with Gasteiger partial charge in [0, 0.05) is 48.6 Å². The molecule has 48 heavy (non-hydrogen) atoms. The molecule has 2 aliphatic rings. The van der Waals surface area contributed by atoms with Crippen molar-refractivity contribution in [2.24, 2.45) is 5.92 Å². The maximum absolute atomic E-state index is 13.6. The van der Waals surface area contributed by atoms with Gasteiger partial charge in [-0.2, -0.15) is 0 Å². The lowest BCUT2D eigenvalue weighted by atomic mass is 10.0. The van der Waals surface area contributed by atoms with E-state index in [2.05, 4.69) is 65.9 Å². The van der Waals surface area contributed by atoms with E-state index in [4.69, 9.17) is 14.2 Å². The molecule has 2 heterocycles. The molecule has 0 saturated heterocycles. The van der Waals surface area contributed by atoms with Gasteiger partial charge in [0.1, 0.15) is 11.9 Å². The van der Waals surface area contributed by atoms with Gasteiger partial charge in [-0.05, 0) is 61.0 Å². The standard InChI is InChI=1S/C38H42N4O6/c1-25-20-42(26(2)23-43)37(44)18-30-17-31(39-38(45)40-32-14-16-34-35(19-32)47-24-46-34)13-15-33(30)48-36(25)22-41(3)21-27-9-11-29(12-10-27)28-7-5-4-6-8-28/h4-17,19,25-26,36,43H,18,20-24H2,1-3H3,(H2,39,40,45)/t25-,26+,36+/m1/s1. The average molecular weight is 651 g/mol. The van der Waals surface area contributed by atoms with Crippen LogP contribution < -0.4 is 24.8 Å². The zero-order chi connectivity index (χ0) is 33.6. The van der Waals surface area contributed by atoms with Gasteiger partial charge >= 0.3 is 6.03 Å². The molecule has 0 spiro atoms. The Hall–Kier alpha value is -5.06. The summed E-state index contributed by atoms with van der Waals surface area (Å²) in [5.41, 5.74) is 5.28. The number of hydrogen-bond acceptors (Lipinski definition) is 7. The SMILES string of the molecule is C[C@@H]1CN([C@@H](C)CO)C(=O)Cc2cc(NC(=O)Nc3ccc4c(c3)OCO4)ccc2O[C@H]1CN(C)Cc1ccc(-c2ccccc2)cc1. The fourth-order valence-electron chi connectivity index (χ4n) is 6.11. The molecule has 0 unspecified atom stereocenters. The molecule has 10 nitrogen and oxygen atoms in total. The zero-order valence-corrected chi connectivity index (χ0v) is 27.5. The first kappa shape index (κ1) is 32.9. The number of aliphatic hydroxyl groups excluding tert-OH is 1. The van der Waals surface area contributed by atoms with Crippen LogP contribution in [0.3, 0.4) is 0 Å². The second kappa shape index (κ2) is 14.8.